The van der Waals surface area contributed by atoms with Gasteiger partial charge in [-0.25, -0.2) is 0 Å². The van der Waals surface area contributed by atoms with E-state index in [9.17, 15) is 4.79 Å². The average Bonchev–Trinajstić information content (AvgIpc) is 2.74. The normalized spacial score (nSPS) is 12.3. The van der Waals surface area contributed by atoms with E-state index >= 15 is 0 Å². The molecule has 0 aromatic heterocycles. The maximum atomic E-state index is 13.3. The number of hydrogen-bond acceptors (Lipinski definition) is 4. The van der Waals surface area contributed by atoms with Gasteiger partial charge in [-0.15, -0.1) is 0 Å². The van der Waals surface area contributed by atoms with Crippen LogP contribution in [0.15, 0.2) is 66.7 Å². The third kappa shape index (κ3) is 3.76. The fourth-order valence-electron chi connectivity index (χ4n) is 3.54. The maximum Gasteiger partial charge on any atom is 0.236 e. The molecule has 1 N–H and O–H groups in total. The predicted molar refractivity (Wildman–Crippen MR) is 112 cm³/mol. The number of amides is 1. The monoisotopic (exact) mass is 389 g/mol. The van der Waals surface area contributed by atoms with E-state index in [1.54, 1.807) is 6.07 Å². The van der Waals surface area contributed by atoms with Gasteiger partial charge in [0.05, 0.1) is 19.1 Å². The zero-order valence-electron chi connectivity index (χ0n) is 16.5. The molecule has 4 rings (SSSR count). The summed E-state index contributed by atoms with van der Waals surface area (Å²) in [7, 11) is 0. The quantitative estimate of drug-likeness (QED) is 0.617. The lowest BCUT2D eigenvalue weighted by atomic mass is 9.87. The minimum absolute atomic E-state index is 0.125. The molecule has 5 nitrogen and oxygen atoms in total. The SMILES string of the molecule is CCOc1ccc(NC(=O)C2c3ccccc3Oc3ccccc32)cc1OCC. The smallest absolute Gasteiger partial charge is 0.236 e. The van der Waals surface area contributed by atoms with Gasteiger partial charge in [0.25, 0.3) is 0 Å². The van der Waals surface area contributed by atoms with Crippen molar-refractivity contribution in [3.63, 3.8) is 0 Å². The molecule has 0 saturated heterocycles. The van der Waals surface area contributed by atoms with Gasteiger partial charge in [-0.3, -0.25) is 4.79 Å². The first-order valence-electron chi connectivity index (χ1n) is 9.77. The molecule has 3 aromatic carbocycles. The van der Waals surface area contributed by atoms with Crippen LogP contribution < -0.4 is 19.5 Å². The zero-order valence-corrected chi connectivity index (χ0v) is 16.5. The summed E-state index contributed by atoms with van der Waals surface area (Å²) in [5.74, 6) is 2.09. The van der Waals surface area contributed by atoms with Crippen LogP contribution in [0.3, 0.4) is 0 Å². The second-order valence-corrected chi connectivity index (χ2v) is 6.63. The van der Waals surface area contributed by atoms with Gasteiger partial charge in [0.15, 0.2) is 11.5 Å². The molecule has 1 heterocycles. The number of hydrogen-bond donors (Lipinski definition) is 1. The Bertz CT molecular complexity index is 985. The summed E-state index contributed by atoms with van der Waals surface area (Å²) < 4.78 is 17.3. The highest BCUT2D eigenvalue weighted by Gasteiger charge is 2.32. The highest BCUT2D eigenvalue weighted by atomic mass is 16.5. The molecule has 5 heteroatoms. The highest BCUT2D eigenvalue weighted by Crippen LogP contribution is 2.44. The Morgan fingerprint density at radius 3 is 2.07 bits per heavy atom. The number of fused-ring (bicyclic) bond motifs is 2. The van der Waals surface area contributed by atoms with Crippen molar-refractivity contribution in [1.29, 1.82) is 0 Å². The lowest BCUT2D eigenvalue weighted by Crippen LogP contribution is -2.25. The van der Waals surface area contributed by atoms with Crippen molar-refractivity contribution >= 4 is 11.6 Å². The molecule has 0 aliphatic carbocycles. The third-order valence-electron chi connectivity index (χ3n) is 4.75. The van der Waals surface area contributed by atoms with Gasteiger partial charge < -0.3 is 19.5 Å². The predicted octanol–water partition coefficient (Wildman–Crippen LogP) is 5.36. The Balaban J connectivity index is 1.66. The van der Waals surface area contributed by atoms with Crippen molar-refractivity contribution < 1.29 is 19.0 Å². The number of nitrogens with one attached hydrogen (secondary N) is 1. The van der Waals surface area contributed by atoms with E-state index < -0.39 is 5.92 Å². The first-order valence-corrected chi connectivity index (χ1v) is 9.77. The van der Waals surface area contributed by atoms with Crippen LogP contribution in [0.2, 0.25) is 0 Å². The van der Waals surface area contributed by atoms with Crippen LogP contribution in [-0.4, -0.2) is 19.1 Å². The zero-order chi connectivity index (χ0) is 20.2. The second kappa shape index (κ2) is 8.27. The molecular weight excluding hydrogens is 366 g/mol. The molecule has 0 atom stereocenters. The average molecular weight is 389 g/mol. The van der Waals surface area contributed by atoms with Gasteiger partial charge in [-0.2, -0.15) is 0 Å². The molecular formula is C24H23NO4. The number of anilines is 1. The fourth-order valence-corrected chi connectivity index (χ4v) is 3.54. The summed E-state index contributed by atoms with van der Waals surface area (Å²) in [5, 5.41) is 3.03. The summed E-state index contributed by atoms with van der Waals surface area (Å²) in [6, 6.07) is 20.7. The van der Waals surface area contributed by atoms with Crippen molar-refractivity contribution in [1.82, 2.24) is 0 Å². The van der Waals surface area contributed by atoms with E-state index in [-0.39, 0.29) is 5.91 Å². The number of carbonyl (C=O) groups is 1. The van der Waals surface area contributed by atoms with E-state index in [4.69, 9.17) is 14.2 Å². The van der Waals surface area contributed by atoms with Gasteiger partial charge >= 0.3 is 0 Å². The van der Waals surface area contributed by atoms with Crippen LogP contribution in [0.5, 0.6) is 23.0 Å². The van der Waals surface area contributed by atoms with Crippen LogP contribution >= 0.6 is 0 Å². The summed E-state index contributed by atoms with van der Waals surface area (Å²) in [6.07, 6.45) is 0. The lowest BCUT2D eigenvalue weighted by Gasteiger charge is -2.27. The Hall–Kier alpha value is -3.47. The number of ether oxygens (including phenoxy) is 3. The molecule has 1 aliphatic heterocycles. The topological polar surface area (TPSA) is 56.8 Å². The maximum absolute atomic E-state index is 13.3. The number of rotatable bonds is 6. The van der Waals surface area contributed by atoms with Gasteiger partial charge in [-0.1, -0.05) is 36.4 Å². The summed E-state index contributed by atoms with van der Waals surface area (Å²) in [6.45, 7) is 4.89. The highest BCUT2D eigenvalue weighted by molar-refractivity contribution is 5.99. The van der Waals surface area contributed by atoms with Crippen LogP contribution in [0.4, 0.5) is 5.69 Å². The largest absolute Gasteiger partial charge is 0.490 e. The van der Waals surface area contributed by atoms with Crippen molar-refractivity contribution in [3.05, 3.63) is 77.9 Å². The molecule has 0 unspecified atom stereocenters. The van der Waals surface area contributed by atoms with Gasteiger partial charge in [0.2, 0.25) is 5.91 Å². The van der Waals surface area contributed by atoms with Crippen LogP contribution in [0.25, 0.3) is 0 Å². The molecule has 0 saturated carbocycles. The van der Waals surface area contributed by atoms with Crippen molar-refractivity contribution in [3.8, 4) is 23.0 Å². The van der Waals surface area contributed by atoms with Crippen LogP contribution in [0.1, 0.15) is 30.9 Å². The fraction of sp³-hybridized carbons (Fsp3) is 0.208. The van der Waals surface area contributed by atoms with Gasteiger partial charge in [0.1, 0.15) is 11.5 Å². The minimum atomic E-state index is -0.460. The minimum Gasteiger partial charge on any atom is -0.490 e. The number of carbonyl (C=O) groups excluding carboxylic acids is 1. The van der Waals surface area contributed by atoms with E-state index in [2.05, 4.69) is 5.32 Å². The third-order valence-corrected chi connectivity index (χ3v) is 4.75. The Morgan fingerprint density at radius 1 is 0.862 bits per heavy atom. The molecule has 148 valence electrons. The Kier molecular flexibility index (Phi) is 5.38. The first kappa shape index (κ1) is 18.9. The Morgan fingerprint density at radius 2 is 1.45 bits per heavy atom. The molecule has 1 aliphatic rings. The van der Waals surface area contributed by atoms with E-state index in [0.29, 0.717) is 41.9 Å². The molecule has 0 bridgehead atoms. The summed E-state index contributed by atoms with van der Waals surface area (Å²) >= 11 is 0. The van der Waals surface area contributed by atoms with E-state index in [1.807, 2.05) is 74.5 Å². The van der Waals surface area contributed by atoms with E-state index in [1.165, 1.54) is 0 Å². The molecule has 0 fully saturated rings. The van der Waals surface area contributed by atoms with Crippen molar-refractivity contribution in [2.24, 2.45) is 0 Å². The first-order chi connectivity index (χ1) is 14.2. The Labute approximate surface area is 170 Å². The van der Waals surface area contributed by atoms with Crippen LogP contribution in [-0.2, 0) is 4.79 Å². The number of para-hydroxylation sites is 2. The summed E-state index contributed by atoms with van der Waals surface area (Å²) in [5.41, 5.74) is 2.35. The van der Waals surface area contributed by atoms with Crippen molar-refractivity contribution in [2.45, 2.75) is 19.8 Å². The number of benzene rings is 3. The molecule has 0 radical (unpaired) electrons. The van der Waals surface area contributed by atoms with E-state index in [0.717, 1.165) is 11.1 Å². The van der Waals surface area contributed by atoms with Gasteiger partial charge in [-0.05, 0) is 38.1 Å². The summed E-state index contributed by atoms with van der Waals surface area (Å²) in [4.78, 5) is 13.3. The molecule has 0 spiro atoms. The van der Waals surface area contributed by atoms with Gasteiger partial charge in [0, 0.05) is 22.9 Å². The van der Waals surface area contributed by atoms with Crippen molar-refractivity contribution in [2.75, 3.05) is 18.5 Å². The molecule has 3 aromatic rings. The standard InChI is InChI=1S/C24H23NO4/c1-3-27-21-14-13-16(15-22(21)28-4-2)25-24(26)23-17-9-5-7-11-19(17)29-20-12-8-6-10-18(20)23/h5-15,23H,3-4H2,1-2H3,(H,25,26). The van der Waals surface area contributed by atoms with Crippen LogP contribution in [0, 0.1) is 0 Å². The second-order valence-electron chi connectivity index (χ2n) is 6.63. The molecule has 29 heavy (non-hydrogen) atoms. The lowest BCUT2D eigenvalue weighted by molar-refractivity contribution is -0.116. The molecule has 1 amide bonds.